The van der Waals surface area contributed by atoms with Gasteiger partial charge in [-0.05, 0) is 31.9 Å². The van der Waals surface area contributed by atoms with E-state index in [2.05, 4.69) is 10.6 Å². The fourth-order valence-electron chi connectivity index (χ4n) is 2.40. The van der Waals surface area contributed by atoms with Gasteiger partial charge in [0.05, 0.1) is 0 Å². The van der Waals surface area contributed by atoms with Crippen molar-refractivity contribution < 1.29 is 9.21 Å². The zero-order valence-electron chi connectivity index (χ0n) is 11.0. The van der Waals surface area contributed by atoms with E-state index in [-0.39, 0.29) is 6.03 Å². The summed E-state index contributed by atoms with van der Waals surface area (Å²) in [6, 6.07) is 4.21. The number of carbonyl (C=O) groups is 1. The average Bonchev–Trinajstić information content (AvgIpc) is 2.76. The van der Waals surface area contributed by atoms with Crippen molar-refractivity contribution in [3.63, 3.8) is 0 Å². The van der Waals surface area contributed by atoms with Crippen molar-refractivity contribution in [2.45, 2.75) is 51.5 Å². The predicted molar refractivity (Wildman–Crippen MR) is 70.6 cm³/mol. The van der Waals surface area contributed by atoms with E-state index in [1.165, 1.54) is 19.3 Å². The van der Waals surface area contributed by atoms with Crippen molar-refractivity contribution in [3.05, 3.63) is 23.7 Å². The molecule has 0 aromatic carbocycles. The summed E-state index contributed by atoms with van der Waals surface area (Å²) in [5.41, 5.74) is 0. The van der Waals surface area contributed by atoms with Gasteiger partial charge in [-0.25, -0.2) is 4.79 Å². The zero-order valence-corrected chi connectivity index (χ0v) is 11.0. The molecule has 0 radical (unpaired) electrons. The molecule has 2 amide bonds. The van der Waals surface area contributed by atoms with E-state index in [4.69, 9.17) is 4.42 Å². The van der Waals surface area contributed by atoms with Crippen molar-refractivity contribution in [1.29, 1.82) is 0 Å². The Bertz CT molecular complexity index is 381. The van der Waals surface area contributed by atoms with E-state index < -0.39 is 0 Å². The van der Waals surface area contributed by atoms with Crippen molar-refractivity contribution in [2.24, 2.45) is 0 Å². The molecule has 1 aromatic heterocycles. The van der Waals surface area contributed by atoms with E-state index in [9.17, 15) is 4.79 Å². The third-order valence-electron chi connectivity index (χ3n) is 3.39. The highest BCUT2D eigenvalue weighted by atomic mass is 16.3. The van der Waals surface area contributed by atoms with Crippen LogP contribution in [0.15, 0.2) is 16.5 Å². The molecule has 2 rings (SSSR count). The molecule has 1 aromatic rings. The summed E-state index contributed by atoms with van der Waals surface area (Å²) in [7, 11) is 0. The Balaban J connectivity index is 1.62. The highest BCUT2D eigenvalue weighted by molar-refractivity contribution is 5.74. The van der Waals surface area contributed by atoms with Gasteiger partial charge in [0, 0.05) is 19.0 Å². The van der Waals surface area contributed by atoms with Crippen molar-refractivity contribution >= 4 is 6.03 Å². The van der Waals surface area contributed by atoms with Crippen LogP contribution in [0.25, 0.3) is 0 Å². The Hall–Kier alpha value is -1.45. The van der Waals surface area contributed by atoms with Crippen LogP contribution >= 0.6 is 0 Å². The van der Waals surface area contributed by atoms with Crippen LogP contribution in [-0.2, 0) is 6.42 Å². The molecule has 1 aliphatic carbocycles. The normalized spacial score (nSPS) is 16.5. The van der Waals surface area contributed by atoms with Gasteiger partial charge in [0.15, 0.2) is 0 Å². The molecule has 0 bridgehead atoms. The Kier molecular flexibility index (Phi) is 4.67. The number of furan rings is 1. The number of hydrogen-bond donors (Lipinski definition) is 2. The number of carbonyl (C=O) groups excluding carboxylic acids is 1. The standard InChI is InChI=1S/C14H22N2O2/c1-11-7-8-13(18-11)9-10-15-14(17)16-12-5-3-2-4-6-12/h7-8,12H,2-6,9-10H2,1H3,(H2,15,16,17). The fourth-order valence-corrected chi connectivity index (χ4v) is 2.40. The van der Waals surface area contributed by atoms with Crippen LogP contribution in [0.2, 0.25) is 0 Å². The number of aryl methyl sites for hydroxylation is 1. The van der Waals surface area contributed by atoms with Crippen LogP contribution in [0.1, 0.15) is 43.6 Å². The number of rotatable bonds is 4. The quantitative estimate of drug-likeness (QED) is 0.863. The second kappa shape index (κ2) is 6.47. The molecule has 1 saturated carbocycles. The van der Waals surface area contributed by atoms with Gasteiger partial charge in [-0.3, -0.25) is 0 Å². The lowest BCUT2D eigenvalue weighted by Gasteiger charge is -2.22. The van der Waals surface area contributed by atoms with Crippen LogP contribution in [0.5, 0.6) is 0 Å². The SMILES string of the molecule is Cc1ccc(CCNC(=O)NC2CCCCC2)o1. The predicted octanol–water partition coefficient (Wildman–Crippen LogP) is 2.76. The Morgan fingerprint density at radius 1 is 1.33 bits per heavy atom. The molecule has 4 heteroatoms. The molecule has 0 unspecified atom stereocenters. The minimum Gasteiger partial charge on any atom is -0.466 e. The van der Waals surface area contributed by atoms with Crippen molar-refractivity contribution in [2.75, 3.05) is 6.54 Å². The highest BCUT2D eigenvalue weighted by Crippen LogP contribution is 2.17. The summed E-state index contributed by atoms with van der Waals surface area (Å²) >= 11 is 0. The smallest absolute Gasteiger partial charge is 0.315 e. The summed E-state index contributed by atoms with van der Waals surface area (Å²) < 4.78 is 5.44. The molecule has 18 heavy (non-hydrogen) atoms. The summed E-state index contributed by atoms with van der Waals surface area (Å²) in [4.78, 5) is 11.7. The van der Waals surface area contributed by atoms with Crippen LogP contribution in [0.4, 0.5) is 4.79 Å². The Morgan fingerprint density at radius 2 is 2.11 bits per heavy atom. The summed E-state index contributed by atoms with van der Waals surface area (Å²) in [6.45, 7) is 2.54. The molecule has 1 heterocycles. The largest absolute Gasteiger partial charge is 0.466 e. The van der Waals surface area contributed by atoms with Gasteiger partial charge in [0.1, 0.15) is 11.5 Å². The van der Waals surface area contributed by atoms with Gasteiger partial charge in [-0.15, -0.1) is 0 Å². The second-order valence-corrected chi connectivity index (χ2v) is 5.00. The summed E-state index contributed by atoms with van der Waals surface area (Å²) in [5.74, 6) is 1.84. The van der Waals surface area contributed by atoms with Gasteiger partial charge in [-0.1, -0.05) is 19.3 Å². The van der Waals surface area contributed by atoms with Gasteiger partial charge >= 0.3 is 6.03 Å². The number of urea groups is 1. The van der Waals surface area contributed by atoms with Crippen molar-refractivity contribution in [1.82, 2.24) is 10.6 Å². The maximum Gasteiger partial charge on any atom is 0.315 e. The lowest BCUT2D eigenvalue weighted by Crippen LogP contribution is -2.43. The van der Waals surface area contributed by atoms with Gasteiger partial charge in [0.2, 0.25) is 0 Å². The molecular weight excluding hydrogens is 228 g/mol. The highest BCUT2D eigenvalue weighted by Gasteiger charge is 2.15. The van der Waals surface area contributed by atoms with Crippen LogP contribution in [0, 0.1) is 6.92 Å². The van der Waals surface area contributed by atoms with E-state index in [0.29, 0.717) is 12.6 Å². The number of nitrogens with one attached hydrogen (secondary N) is 2. The van der Waals surface area contributed by atoms with E-state index in [1.54, 1.807) is 0 Å². The third-order valence-corrected chi connectivity index (χ3v) is 3.39. The fraction of sp³-hybridized carbons (Fsp3) is 0.643. The van der Waals surface area contributed by atoms with Crippen molar-refractivity contribution in [3.8, 4) is 0 Å². The first kappa shape index (κ1) is 13.0. The second-order valence-electron chi connectivity index (χ2n) is 5.00. The molecule has 4 nitrogen and oxygen atoms in total. The minimum atomic E-state index is -0.0508. The van der Waals surface area contributed by atoms with E-state index in [0.717, 1.165) is 30.8 Å². The topological polar surface area (TPSA) is 54.3 Å². The van der Waals surface area contributed by atoms with Gasteiger partial charge in [0.25, 0.3) is 0 Å². The summed E-state index contributed by atoms with van der Waals surface area (Å²) in [6.07, 6.45) is 6.74. The molecule has 1 aliphatic rings. The Labute approximate surface area is 108 Å². The molecular formula is C14H22N2O2. The zero-order chi connectivity index (χ0) is 12.8. The number of hydrogen-bond acceptors (Lipinski definition) is 2. The lowest BCUT2D eigenvalue weighted by molar-refractivity contribution is 0.232. The Morgan fingerprint density at radius 3 is 2.78 bits per heavy atom. The number of amides is 2. The third kappa shape index (κ3) is 4.09. The molecule has 0 aliphatic heterocycles. The first-order valence-electron chi connectivity index (χ1n) is 6.84. The molecule has 0 saturated heterocycles. The molecule has 2 N–H and O–H groups in total. The molecule has 0 atom stereocenters. The maximum atomic E-state index is 11.7. The monoisotopic (exact) mass is 250 g/mol. The lowest BCUT2D eigenvalue weighted by atomic mass is 9.96. The molecule has 1 fully saturated rings. The average molecular weight is 250 g/mol. The molecule has 0 spiro atoms. The van der Waals surface area contributed by atoms with Crippen LogP contribution in [-0.4, -0.2) is 18.6 Å². The minimum absolute atomic E-state index is 0.0508. The molecule has 100 valence electrons. The summed E-state index contributed by atoms with van der Waals surface area (Å²) in [5, 5.41) is 5.91. The van der Waals surface area contributed by atoms with E-state index in [1.807, 2.05) is 19.1 Å². The van der Waals surface area contributed by atoms with Crippen LogP contribution in [0.3, 0.4) is 0 Å². The van der Waals surface area contributed by atoms with E-state index >= 15 is 0 Å². The first-order valence-corrected chi connectivity index (χ1v) is 6.84. The van der Waals surface area contributed by atoms with Gasteiger partial charge in [-0.2, -0.15) is 0 Å². The van der Waals surface area contributed by atoms with Crippen LogP contribution < -0.4 is 10.6 Å². The van der Waals surface area contributed by atoms with Gasteiger partial charge < -0.3 is 15.1 Å². The maximum absolute atomic E-state index is 11.7. The first-order chi connectivity index (χ1) is 8.74.